The largest absolute Gasteiger partial charge is 0.312 e. The van der Waals surface area contributed by atoms with Gasteiger partial charge in [-0.05, 0) is 45.6 Å². The first-order chi connectivity index (χ1) is 7.75. The minimum Gasteiger partial charge on any atom is -0.312 e. The molecular formula is C14H28N2. The molecule has 1 unspecified atom stereocenters. The van der Waals surface area contributed by atoms with E-state index in [0.29, 0.717) is 6.04 Å². The average Bonchev–Trinajstić information content (AvgIpc) is 3.11. The Kier molecular flexibility index (Phi) is 4.66. The van der Waals surface area contributed by atoms with Gasteiger partial charge in [-0.25, -0.2) is 0 Å². The second-order valence-electron chi connectivity index (χ2n) is 5.98. The summed E-state index contributed by atoms with van der Waals surface area (Å²) in [6.45, 7) is 4.85. The van der Waals surface area contributed by atoms with E-state index in [9.17, 15) is 0 Å². The second kappa shape index (κ2) is 6.02. The number of hydrogen-bond donors (Lipinski definition) is 1. The molecule has 0 amide bonds. The van der Waals surface area contributed by atoms with E-state index in [1.54, 1.807) is 0 Å². The van der Waals surface area contributed by atoms with E-state index in [2.05, 4.69) is 24.2 Å². The fraction of sp³-hybridized carbons (Fsp3) is 1.00. The maximum Gasteiger partial charge on any atom is 0.0189 e. The maximum atomic E-state index is 3.75. The summed E-state index contributed by atoms with van der Waals surface area (Å²) in [5.74, 6) is 1.02. The van der Waals surface area contributed by atoms with Gasteiger partial charge in [0.2, 0.25) is 0 Å². The molecule has 0 aromatic rings. The number of nitrogens with zero attached hydrogens (tertiary/aromatic N) is 1. The van der Waals surface area contributed by atoms with Crippen LogP contribution in [0.2, 0.25) is 0 Å². The van der Waals surface area contributed by atoms with Gasteiger partial charge in [-0.15, -0.1) is 0 Å². The maximum absolute atomic E-state index is 3.75. The van der Waals surface area contributed by atoms with Gasteiger partial charge in [-0.2, -0.15) is 0 Å². The molecule has 0 spiro atoms. The van der Waals surface area contributed by atoms with E-state index < -0.39 is 0 Å². The first kappa shape index (κ1) is 12.4. The average molecular weight is 224 g/mol. The minimum absolute atomic E-state index is 0.697. The Morgan fingerprint density at radius 1 is 1.12 bits per heavy atom. The molecule has 2 fully saturated rings. The molecule has 2 nitrogen and oxygen atoms in total. The third-order valence-corrected chi connectivity index (χ3v) is 4.30. The van der Waals surface area contributed by atoms with Crippen LogP contribution in [0.25, 0.3) is 0 Å². The molecule has 0 saturated heterocycles. The summed E-state index contributed by atoms with van der Waals surface area (Å²) in [7, 11) is 2.28. The number of likely N-dealkylation sites (N-methyl/N-ethyl adjacent to an activating group) is 1. The molecule has 1 atom stereocenters. The molecule has 2 saturated carbocycles. The molecule has 2 aliphatic carbocycles. The summed E-state index contributed by atoms with van der Waals surface area (Å²) in [5.41, 5.74) is 0. The molecule has 2 heteroatoms. The van der Waals surface area contributed by atoms with Crippen molar-refractivity contribution >= 4 is 0 Å². The van der Waals surface area contributed by atoms with Gasteiger partial charge in [0.25, 0.3) is 0 Å². The monoisotopic (exact) mass is 224 g/mol. The number of rotatable bonds is 6. The SMILES string of the molecule is CC(CNC1CCCCC1)N(C)CC1CC1. The molecule has 0 aromatic carbocycles. The summed E-state index contributed by atoms with van der Waals surface area (Å²) in [4.78, 5) is 2.54. The summed E-state index contributed by atoms with van der Waals surface area (Å²) >= 11 is 0. The molecule has 2 aliphatic rings. The van der Waals surface area contributed by atoms with Crippen molar-refractivity contribution in [1.82, 2.24) is 10.2 Å². The van der Waals surface area contributed by atoms with Crippen molar-refractivity contribution in [1.29, 1.82) is 0 Å². The quantitative estimate of drug-likeness (QED) is 0.746. The van der Waals surface area contributed by atoms with Crippen LogP contribution in [0.3, 0.4) is 0 Å². The van der Waals surface area contributed by atoms with Crippen molar-refractivity contribution in [2.45, 2.75) is 64.0 Å². The van der Waals surface area contributed by atoms with Crippen molar-refractivity contribution < 1.29 is 0 Å². The molecule has 0 aliphatic heterocycles. The van der Waals surface area contributed by atoms with Crippen molar-refractivity contribution in [3.8, 4) is 0 Å². The van der Waals surface area contributed by atoms with Crippen molar-refractivity contribution in [3.05, 3.63) is 0 Å². The first-order valence-corrected chi connectivity index (χ1v) is 7.19. The van der Waals surface area contributed by atoms with Crippen molar-refractivity contribution in [2.24, 2.45) is 5.92 Å². The van der Waals surface area contributed by atoms with E-state index in [-0.39, 0.29) is 0 Å². The van der Waals surface area contributed by atoms with Gasteiger partial charge < -0.3 is 10.2 Å². The van der Waals surface area contributed by atoms with E-state index in [1.807, 2.05) is 0 Å². The van der Waals surface area contributed by atoms with Crippen LogP contribution in [0, 0.1) is 5.92 Å². The lowest BCUT2D eigenvalue weighted by Gasteiger charge is -2.29. The second-order valence-corrected chi connectivity index (χ2v) is 5.98. The topological polar surface area (TPSA) is 15.3 Å². The molecule has 0 aromatic heterocycles. The lowest BCUT2D eigenvalue weighted by Crippen LogP contribution is -2.43. The van der Waals surface area contributed by atoms with E-state index in [4.69, 9.17) is 0 Å². The van der Waals surface area contributed by atoms with Gasteiger partial charge in [0.05, 0.1) is 0 Å². The van der Waals surface area contributed by atoms with Gasteiger partial charge >= 0.3 is 0 Å². The number of hydrogen-bond acceptors (Lipinski definition) is 2. The van der Waals surface area contributed by atoms with Crippen LogP contribution in [0.15, 0.2) is 0 Å². The fourth-order valence-electron chi connectivity index (χ4n) is 2.69. The van der Waals surface area contributed by atoms with Gasteiger partial charge in [-0.1, -0.05) is 19.3 Å². The zero-order valence-electron chi connectivity index (χ0n) is 11.0. The Morgan fingerprint density at radius 2 is 1.81 bits per heavy atom. The highest BCUT2D eigenvalue weighted by Gasteiger charge is 2.24. The molecule has 94 valence electrons. The molecule has 1 N–H and O–H groups in total. The molecule has 0 heterocycles. The summed E-state index contributed by atoms with van der Waals surface area (Å²) in [6.07, 6.45) is 10.1. The van der Waals surface area contributed by atoms with Crippen LogP contribution in [-0.4, -0.2) is 37.1 Å². The van der Waals surface area contributed by atoms with Crippen LogP contribution in [0.1, 0.15) is 51.9 Å². The first-order valence-electron chi connectivity index (χ1n) is 7.19. The zero-order valence-corrected chi connectivity index (χ0v) is 11.0. The van der Waals surface area contributed by atoms with Crippen LogP contribution in [0.5, 0.6) is 0 Å². The van der Waals surface area contributed by atoms with E-state index >= 15 is 0 Å². The summed E-state index contributed by atoms with van der Waals surface area (Å²) < 4.78 is 0. The van der Waals surface area contributed by atoms with Gasteiger partial charge in [0, 0.05) is 25.2 Å². The Labute approximate surface area is 101 Å². The van der Waals surface area contributed by atoms with Crippen LogP contribution >= 0.6 is 0 Å². The Hall–Kier alpha value is -0.0800. The van der Waals surface area contributed by atoms with Crippen LogP contribution < -0.4 is 5.32 Å². The highest BCUT2D eigenvalue weighted by Crippen LogP contribution is 2.29. The number of nitrogens with one attached hydrogen (secondary N) is 1. The van der Waals surface area contributed by atoms with Gasteiger partial charge in [-0.3, -0.25) is 0 Å². The van der Waals surface area contributed by atoms with Crippen molar-refractivity contribution in [3.63, 3.8) is 0 Å². The van der Waals surface area contributed by atoms with E-state index in [0.717, 1.165) is 12.0 Å². The normalized spacial score (nSPS) is 24.9. The third kappa shape index (κ3) is 4.06. The molecule has 0 radical (unpaired) electrons. The van der Waals surface area contributed by atoms with Crippen LogP contribution in [0.4, 0.5) is 0 Å². The van der Waals surface area contributed by atoms with Crippen molar-refractivity contribution in [2.75, 3.05) is 20.1 Å². The van der Waals surface area contributed by atoms with Gasteiger partial charge in [0.1, 0.15) is 0 Å². The summed E-state index contributed by atoms with van der Waals surface area (Å²) in [5, 5.41) is 3.75. The third-order valence-electron chi connectivity index (χ3n) is 4.30. The predicted molar refractivity (Wildman–Crippen MR) is 69.7 cm³/mol. The highest BCUT2D eigenvalue weighted by atomic mass is 15.1. The standard InChI is InChI=1S/C14H28N2/c1-12(16(2)11-13-8-9-13)10-15-14-6-4-3-5-7-14/h12-15H,3-11H2,1-2H3. The van der Waals surface area contributed by atoms with Gasteiger partial charge in [0.15, 0.2) is 0 Å². The fourth-order valence-corrected chi connectivity index (χ4v) is 2.69. The molecule has 16 heavy (non-hydrogen) atoms. The lowest BCUT2D eigenvalue weighted by molar-refractivity contribution is 0.229. The summed E-state index contributed by atoms with van der Waals surface area (Å²) in [6, 6.07) is 1.51. The lowest BCUT2D eigenvalue weighted by atomic mass is 9.95. The minimum atomic E-state index is 0.697. The van der Waals surface area contributed by atoms with Crippen LogP contribution in [-0.2, 0) is 0 Å². The molecule has 0 bridgehead atoms. The predicted octanol–water partition coefficient (Wildman–Crippen LogP) is 2.64. The molecular weight excluding hydrogens is 196 g/mol. The highest BCUT2D eigenvalue weighted by molar-refractivity contribution is 4.80. The zero-order chi connectivity index (χ0) is 11.4. The smallest absolute Gasteiger partial charge is 0.0189 e. The Bertz CT molecular complexity index is 195. The Morgan fingerprint density at radius 3 is 2.44 bits per heavy atom. The Balaban J connectivity index is 1.59. The molecule has 2 rings (SSSR count). The van der Waals surface area contributed by atoms with E-state index in [1.165, 1.54) is 58.0 Å².